The maximum absolute atomic E-state index is 5.71. The minimum Gasteiger partial charge on any atom is -0.497 e. The molecule has 0 saturated carbocycles. The zero-order chi connectivity index (χ0) is 14.3. The van der Waals surface area contributed by atoms with Gasteiger partial charge in [0.25, 0.3) is 0 Å². The summed E-state index contributed by atoms with van der Waals surface area (Å²) in [4.78, 5) is 0. The Morgan fingerprint density at radius 2 is 2.00 bits per heavy atom. The summed E-state index contributed by atoms with van der Waals surface area (Å²) >= 11 is 0. The van der Waals surface area contributed by atoms with Crippen LogP contribution in [-0.4, -0.2) is 14.2 Å². The van der Waals surface area contributed by atoms with E-state index < -0.39 is 0 Å². The number of allylic oxidation sites excluding steroid dienone is 2. The smallest absolute Gasteiger partial charge is 0.126 e. The van der Waals surface area contributed by atoms with Crippen LogP contribution in [0.4, 0.5) is 0 Å². The van der Waals surface area contributed by atoms with Gasteiger partial charge in [-0.25, -0.2) is 0 Å². The molecule has 0 aliphatic heterocycles. The molecule has 0 bridgehead atoms. The maximum atomic E-state index is 5.71. The zero-order valence-electron chi connectivity index (χ0n) is 13.0. The Labute approximate surface area is 121 Å². The number of hydrogen-bond acceptors (Lipinski definition) is 2. The average Bonchev–Trinajstić information content (AvgIpc) is 2.45. The van der Waals surface area contributed by atoms with E-state index in [4.69, 9.17) is 9.47 Å². The van der Waals surface area contributed by atoms with Crippen LogP contribution in [0.15, 0.2) is 23.8 Å². The van der Waals surface area contributed by atoms with E-state index in [1.807, 2.05) is 6.07 Å². The van der Waals surface area contributed by atoms with Gasteiger partial charge < -0.3 is 9.47 Å². The van der Waals surface area contributed by atoms with E-state index in [9.17, 15) is 0 Å². The first-order valence-corrected chi connectivity index (χ1v) is 7.52. The number of methoxy groups -OCH3 is 2. The monoisotopic (exact) mass is 272 g/mol. The first-order valence-electron chi connectivity index (χ1n) is 7.52. The van der Waals surface area contributed by atoms with Gasteiger partial charge in [-0.3, -0.25) is 0 Å². The minimum atomic E-state index is 0.212. The molecule has 0 radical (unpaired) electrons. The summed E-state index contributed by atoms with van der Waals surface area (Å²) in [6.45, 7) is 4.71. The fourth-order valence-electron chi connectivity index (χ4n) is 4.33. The molecule has 2 aliphatic carbocycles. The Bertz CT molecular complexity index is 542. The molecule has 2 atom stereocenters. The van der Waals surface area contributed by atoms with Gasteiger partial charge in [-0.2, -0.15) is 0 Å². The fourth-order valence-corrected chi connectivity index (χ4v) is 4.33. The lowest BCUT2D eigenvalue weighted by Crippen LogP contribution is -2.39. The Hall–Kier alpha value is -1.44. The van der Waals surface area contributed by atoms with Crippen molar-refractivity contribution >= 4 is 0 Å². The number of benzene rings is 1. The molecule has 0 saturated heterocycles. The number of fused-ring (bicyclic) bond motifs is 3. The predicted molar refractivity (Wildman–Crippen MR) is 81.7 cm³/mol. The first-order chi connectivity index (χ1) is 9.60. The van der Waals surface area contributed by atoms with Crippen LogP contribution in [0.25, 0.3) is 0 Å². The van der Waals surface area contributed by atoms with Gasteiger partial charge in [-0.15, -0.1) is 0 Å². The second kappa shape index (κ2) is 4.83. The van der Waals surface area contributed by atoms with Crippen molar-refractivity contribution in [2.24, 2.45) is 5.92 Å². The molecule has 108 valence electrons. The van der Waals surface area contributed by atoms with E-state index >= 15 is 0 Å². The predicted octanol–water partition coefficient (Wildman–Crippen LogP) is 4.26. The van der Waals surface area contributed by atoms with Gasteiger partial charge in [0.15, 0.2) is 0 Å². The van der Waals surface area contributed by atoms with Gasteiger partial charge in [-0.05, 0) is 50.2 Å². The van der Waals surface area contributed by atoms with Crippen LogP contribution in [0.2, 0.25) is 0 Å². The minimum absolute atomic E-state index is 0.212. The molecule has 0 spiro atoms. The highest BCUT2D eigenvalue weighted by molar-refractivity contribution is 5.53. The van der Waals surface area contributed by atoms with Crippen molar-refractivity contribution in [1.82, 2.24) is 0 Å². The van der Waals surface area contributed by atoms with Crippen LogP contribution < -0.4 is 9.47 Å². The van der Waals surface area contributed by atoms with Gasteiger partial charge in [-0.1, -0.05) is 18.6 Å². The average molecular weight is 272 g/mol. The largest absolute Gasteiger partial charge is 0.497 e. The standard InChI is InChI=1S/C18H24O2/c1-12-6-5-9-18(2)15(12)8-7-13-10-14(19-3)11-16(20-4)17(13)18/h6,10-11,15H,5,7-9H2,1-4H3/t15-,18-/m0/s1. The summed E-state index contributed by atoms with van der Waals surface area (Å²) < 4.78 is 11.1. The zero-order valence-corrected chi connectivity index (χ0v) is 13.0. The molecule has 0 N–H and O–H groups in total. The van der Waals surface area contributed by atoms with E-state index in [1.165, 1.54) is 30.4 Å². The van der Waals surface area contributed by atoms with E-state index in [0.29, 0.717) is 5.92 Å². The third kappa shape index (κ3) is 1.85. The van der Waals surface area contributed by atoms with Crippen molar-refractivity contribution in [3.8, 4) is 11.5 Å². The third-order valence-electron chi connectivity index (χ3n) is 5.34. The van der Waals surface area contributed by atoms with Crippen molar-refractivity contribution in [3.05, 3.63) is 34.9 Å². The van der Waals surface area contributed by atoms with Crippen LogP contribution >= 0.6 is 0 Å². The summed E-state index contributed by atoms with van der Waals surface area (Å²) in [5.41, 5.74) is 4.60. The SMILES string of the molecule is COc1cc2c(c(OC)c1)[C@@]1(C)CCC=C(C)[C@@H]1CC2. The molecule has 1 aromatic rings. The van der Waals surface area contributed by atoms with E-state index in [2.05, 4.69) is 26.0 Å². The normalized spacial score (nSPS) is 28.2. The third-order valence-corrected chi connectivity index (χ3v) is 5.34. The van der Waals surface area contributed by atoms with Crippen molar-refractivity contribution in [2.75, 3.05) is 14.2 Å². The molecule has 0 unspecified atom stereocenters. The Kier molecular flexibility index (Phi) is 3.27. The van der Waals surface area contributed by atoms with Crippen LogP contribution in [0.1, 0.15) is 44.2 Å². The lowest BCUT2D eigenvalue weighted by Gasteiger charge is -2.46. The number of ether oxygens (including phenoxy) is 2. The molecule has 0 fully saturated rings. The molecule has 0 aromatic heterocycles. The second-order valence-electron chi connectivity index (χ2n) is 6.36. The van der Waals surface area contributed by atoms with Crippen molar-refractivity contribution in [2.45, 2.75) is 44.9 Å². The van der Waals surface area contributed by atoms with Gasteiger partial charge in [0.05, 0.1) is 14.2 Å². The topological polar surface area (TPSA) is 18.5 Å². The quantitative estimate of drug-likeness (QED) is 0.749. The van der Waals surface area contributed by atoms with Crippen molar-refractivity contribution in [3.63, 3.8) is 0 Å². The van der Waals surface area contributed by atoms with Gasteiger partial charge >= 0.3 is 0 Å². The van der Waals surface area contributed by atoms with Gasteiger partial charge in [0.2, 0.25) is 0 Å². The first kappa shape index (κ1) is 13.5. The summed E-state index contributed by atoms with van der Waals surface area (Å²) in [5, 5.41) is 0. The van der Waals surface area contributed by atoms with E-state index in [-0.39, 0.29) is 5.41 Å². The lowest BCUT2D eigenvalue weighted by molar-refractivity contribution is 0.250. The molecular formula is C18H24O2. The highest BCUT2D eigenvalue weighted by Gasteiger charge is 2.44. The highest BCUT2D eigenvalue weighted by atomic mass is 16.5. The molecule has 2 heteroatoms. The second-order valence-corrected chi connectivity index (χ2v) is 6.36. The number of hydrogen-bond donors (Lipinski definition) is 0. The maximum Gasteiger partial charge on any atom is 0.126 e. The summed E-state index contributed by atoms with van der Waals surface area (Å²) in [5.74, 6) is 2.57. The molecular weight excluding hydrogens is 248 g/mol. The number of aryl methyl sites for hydroxylation is 1. The molecule has 2 nitrogen and oxygen atoms in total. The van der Waals surface area contributed by atoms with E-state index in [0.717, 1.165) is 17.9 Å². The van der Waals surface area contributed by atoms with Gasteiger partial charge in [0, 0.05) is 17.0 Å². The highest BCUT2D eigenvalue weighted by Crippen LogP contribution is 2.53. The molecule has 3 rings (SSSR count). The number of rotatable bonds is 2. The Balaban J connectivity index is 2.18. The fraction of sp³-hybridized carbons (Fsp3) is 0.556. The molecule has 0 amide bonds. The lowest BCUT2D eigenvalue weighted by atomic mass is 9.58. The van der Waals surface area contributed by atoms with Crippen molar-refractivity contribution < 1.29 is 9.47 Å². The van der Waals surface area contributed by atoms with Crippen LogP contribution in [0.3, 0.4) is 0 Å². The molecule has 20 heavy (non-hydrogen) atoms. The molecule has 1 aromatic carbocycles. The Morgan fingerprint density at radius 3 is 2.70 bits per heavy atom. The summed E-state index contributed by atoms with van der Waals surface area (Å²) in [6.07, 6.45) is 7.17. The van der Waals surface area contributed by atoms with Crippen molar-refractivity contribution in [1.29, 1.82) is 0 Å². The van der Waals surface area contributed by atoms with Gasteiger partial charge in [0.1, 0.15) is 11.5 Å². The molecule has 0 heterocycles. The summed E-state index contributed by atoms with van der Waals surface area (Å²) in [6, 6.07) is 4.24. The van der Waals surface area contributed by atoms with Crippen LogP contribution in [0.5, 0.6) is 11.5 Å². The Morgan fingerprint density at radius 1 is 1.20 bits per heavy atom. The summed E-state index contributed by atoms with van der Waals surface area (Å²) in [7, 11) is 3.50. The van der Waals surface area contributed by atoms with E-state index in [1.54, 1.807) is 19.8 Å². The van der Waals surface area contributed by atoms with Crippen LogP contribution in [-0.2, 0) is 11.8 Å². The van der Waals surface area contributed by atoms with Crippen LogP contribution in [0, 0.1) is 5.92 Å². The molecule has 2 aliphatic rings.